The van der Waals surface area contributed by atoms with Crippen LogP contribution in [0.5, 0.6) is 0 Å². The van der Waals surface area contributed by atoms with Crippen molar-refractivity contribution < 1.29 is 18.0 Å². The Morgan fingerprint density at radius 2 is 1.76 bits per heavy atom. The van der Waals surface area contributed by atoms with Gasteiger partial charge in [0.1, 0.15) is 0 Å². The summed E-state index contributed by atoms with van der Waals surface area (Å²) >= 11 is 11.9. The molecule has 7 nitrogen and oxygen atoms in total. The minimum atomic E-state index is -3.56. The van der Waals surface area contributed by atoms with Crippen molar-refractivity contribution in [3.05, 3.63) is 63.6 Å². The Morgan fingerprint density at radius 1 is 1.09 bits per heavy atom. The number of rotatable bonds is 8. The molecule has 2 N–H and O–H groups in total. The summed E-state index contributed by atoms with van der Waals surface area (Å²) in [7, 11) is -3.56. The van der Waals surface area contributed by atoms with Crippen molar-refractivity contribution in [1.29, 1.82) is 0 Å². The molecule has 1 aliphatic heterocycles. The first-order chi connectivity index (χ1) is 16.1. The molecule has 10 heteroatoms. The van der Waals surface area contributed by atoms with E-state index >= 15 is 0 Å². The number of halogens is 2. The van der Waals surface area contributed by atoms with Gasteiger partial charge in [0.25, 0.3) is 5.91 Å². The lowest BCUT2D eigenvalue weighted by molar-refractivity contribution is -0.120. The fourth-order valence-electron chi connectivity index (χ4n) is 3.76. The predicted octanol–water partition coefficient (Wildman–Crippen LogP) is 4.70. The number of hydrogen-bond acceptors (Lipinski definition) is 4. The molecule has 3 rings (SSSR count). The highest BCUT2D eigenvalue weighted by molar-refractivity contribution is 7.88. The van der Waals surface area contributed by atoms with E-state index in [1.165, 1.54) is 4.31 Å². The highest BCUT2D eigenvalue weighted by Crippen LogP contribution is 2.27. The van der Waals surface area contributed by atoms with Crippen LogP contribution in [0.25, 0.3) is 0 Å². The summed E-state index contributed by atoms with van der Waals surface area (Å²) in [4.78, 5) is 25.5. The maximum Gasteiger partial charge on any atom is 0.253 e. The lowest BCUT2D eigenvalue weighted by atomic mass is 9.97. The predicted molar refractivity (Wildman–Crippen MR) is 136 cm³/mol. The van der Waals surface area contributed by atoms with Crippen molar-refractivity contribution in [2.45, 2.75) is 44.9 Å². The van der Waals surface area contributed by atoms with Crippen molar-refractivity contribution in [1.82, 2.24) is 9.62 Å². The smallest absolute Gasteiger partial charge is 0.253 e. The Hall–Kier alpha value is -2.13. The average molecular weight is 526 g/mol. The molecule has 1 unspecified atom stereocenters. The van der Waals surface area contributed by atoms with Crippen LogP contribution in [0.15, 0.2) is 42.5 Å². The van der Waals surface area contributed by atoms with E-state index in [0.29, 0.717) is 39.7 Å². The topological polar surface area (TPSA) is 95.6 Å². The first-order valence-corrected chi connectivity index (χ1v) is 13.6. The Labute approximate surface area is 210 Å². The average Bonchev–Trinajstić information content (AvgIpc) is 2.81. The number of carbonyl (C=O) groups is 2. The zero-order valence-electron chi connectivity index (χ0n) is 19.2. The van der Waals surface area contributed by atoms with Gasteiger partial charge < -0.3 is 10.6 Å². The Morgan fingerprint density at radius 3 is 2.41 bits per heavy atom. The molecule has 0 aromatic heterocycles. The van der Waals surface area contributed by atoms with Gasteiger partial charge in [0, 0.05) is 25.0 Å². The van der Waals surface area contributed by atoms with Crippen LogP contribution in [0.4, 0.5) is 5.69 Å². The number of anilines is 1. The Kier molecular flexibility index (Phi) is 8.98. The molecule has 1 heterocycles. The molecule has 2 aromatic carbocycles. The van der Waals surface area contributed by atoms with Crippen LogP contribution in [-0.4, -0.2) is 43.7 Å². The molecule has 184 valence electrons. The SMILES string of the molecule is CCC(C)NC(=O)c1ccccc1NC(=O)C1CCN(S(=O)(=O)Cc2ccc(Cl)c(Cl)c2)CC1. The van der Waals surface area contributed by atoms with E-state index in [9.17, 15) is 18.0 Å². The van der Waals surface area contributed by atoms with Gasteiger partial charge >= 0.3 is 0 Å². The van der Waals surface area contributed by atoms with E-state index in [4.69, 9.17) is 23.2 Å². The van der Waals surface area contributed by atoms with Crippen LogP contribution in [0.2, 0.25) is 10.0 Å². The molecule has 0 spiro atoms. The molecule has 1 saturated heterocycles. The summed E-state index contributed by atoms with van der Waals surface area (Å²) in [5.74, 6) is -0.986. The summed E-state index contributed by atoms with van der Waals surface area (Å²) in [6.07, 6.45) is 1.59. The summed E-state index contributed by atoms with van der Waals surface area (Å²) in [6, 6.07) is 11.7. The summed E-state index contributed by atoms with van der Waals surface area (Å²) in [6.45, 7) is 4.40. The van der Waals surface area contributed by atoms with Crippen LogP contribution in [-0.2, 0) is 20.6 Å². The van der Waals surface area contributed by atoms with Crippen molar-refractivity contribution in [3.63, 3.8) is 0 Å². The Balaban J connectivity index is 1.60. The summed E-state index contributed by atoms with van der Waals surface area (Å²) in [5, 5.41) is 6.45. The van der Waals surface area contributed by atoms with Crippen LogP contribution in [0.3, 0.4) is 0 Å². The molecular weight excluding hydrogens is 497 g/mol. The second-order valence-corrected chi connectivity index (χ2v) is 11.3. The maximum absolute atomic E-state index is 12.9. The van der Waals surface area contributed by atoms with Gasteiger partial charge in [0.15, 0.2) is 0 Å². The number of nitrogens with one attached hydrogen (secondary N) is 2. The van der Waals surface area contributed by atoms with Gasteiger partial charge in [-0.1, -0.05) is 48.3 Å². The zero-order valence-corrected chi connectivity index (χ0v) is 21.5. The van der Waals surface area contributed by atoms with Crippen LogP contribution in [0.1, 0.15) is 49.0 Å². The van der Waals surface area contributed by atoms with E-state index in [2.05, 4.69) is 10.6 Å². The third-order valence-corrected chi connectivity index (χ3v) is 8.56. The fraction of sp³-hybridized carbons (Fsp3) is 0.417. The standard InChI is InChI=1S/C24H29Cl2N3O4S/c1-3-16(2)27-24(31)19-6-4-5-7-22(19)28-23(30)18-10-12-29(13-11-18)34(32,33)15-17-8-9-20(25)21(26)14-17/h4-9,14,16,18H,3,10-13,15H2,1-2H3,(H,27,31)(H,28,30). The molecule has 2 aromatic rings. The number of nitrogens with zero attached hydrogens (tertiary/aromatic N) is 1. The lowest BCUT2D eigenvalue weighted by Gasteiger charge is -2.30. The number of carbonyl (C=O) groups excluding carboxylic acids is 2. The first kappa shape index (κ1) is 26.5. The van der Waals surface area contributed by atoms with E-state index < -0.39 is 10.0 Å². The molecule has 1 atom stereocenters. The summed E-state index contributed by atoms with van der Waals surface area (Å²) in [5.41, 5.74) is 1.40. The molecule has 2 amide bonds. The van der Waals surface area contributed by atoms with Crippen molar-refractivity contribution in [2.24, 2.45) is 5.92 Å². The number of para-hydroxylation sites is 1. The minimum absolute atomic E-state index is 0.0198. The minimum Gasteiger partial charge on any atom is -0.350 e. The van der Waals surface area contributed by atoms with Crippen LogP contribution < -0.4 is 10.6 Å². The van der Waals surface area contributed by atoms with Gasteiger partial charge in [-0.15, -0.1) is 0 Å². The number of amides is 2. The highest BCUT2D eigenvalue weighted by atomic mass is 35.5. The quantitative estimate of drug-likeness (QED) is 0.521. The number of sulfonamides is 1. The third-order valence-electron chi connectivity index (χ3n) is 5.97. The normalized spacial score (nSPS) is 16.1. The molecule has 34 heavy (non-hydrogen) atoms. The number of piperidine rings is 1. The second kappa shape index (κ2) is 11.5. The van der Waals surface area contributed by atoms with Gasteiger partial charge in [0.2, 0.25) is 15.9 Å². The molecular formula is C24H29Cl2N3O4S. The monoisotopic (exact) mass is 525 g/mol. The van der Waals surface area contributed by atoms with Crippen molar-refractivity contribution >= 4 is 50.7 Å². The summed E-state index contributed by atoms with van der Waals surface area (Å²) < 4.78 is 27.1. The third kappa shape index (κ3) is 6.72. The maximum atomic E-state index is 12.9. The molecule has 0 aliphatic carbocycles. The van der Waals surface area contributed by atoms with E-state index in [1.807, 2.05) is 13.8 Å². The van der Waals surface area contributed by atoms with Crippen molar-refractivity contribution in [2.75, 3.05) is 18.4 Å². The van der Waals surface area contributed by atoms with Gasteiger partial charge in [-0.3, -0.25) is 9.59 Å². The molecule has 0 radical (unpaired) electrons. The van der Waals surface area contributed by atoms with E-state index in [-0.39, 0.29) is 42.6 Å². The van der Waals surface area contributed by atoms with E-state index in [0.717, 1.165) is 6.42 Å². The van der Waals surface area contributed by atoms with Gasteiger partial charge in [0.05, 0.1) is 27.0 Å². The molecule has 0 bridgehead atoms. The second-order valence-electron chi connectivity index (χ2n) is 8.50. The van der Waals surface area contributed by atoms with Gasteiger partial charge in [-0.05, 0) is 56.0 Å². The fourth-order valence-corrected chi connectivity index (χ4v) is 5.63. The van der Waals surface area contributed by atoms with E-state index in [1.54, 1.807) is 42.5 Å². The van der Waals surface area contributed by atoms with Gasteiger partial charge in [-0.25, -0.2) is 12.7 Å². The highest BCUT2D eigenvalue weighted by Gasteiger charge is 2.31. The zero-order chi connectivity index (χ0) is 24.9. The van der Waals surface area contributed by atoms with Gasteiger partial charge in [-0.2, -0.15) is 0 Å². The number of benzene rings is 2. The van der Waals surface area contributed by atoms with Crippen molar-refractivity contribution in [3.8, 4) is 0 Å². The first-order valence-electron chi connectivity index (χ1n) is 11.2. The number of hydrogen-bond donors (Lipinski definition) is 2. The molecule has 1 fully saturated rings. The lowest BCUT2D eigenvalue weighted by Crippen LogP contribution is -2.42. The molecule has 0 saturated carbocycles. The molecule has 1 aliphatic rings. The van der Waals surface area contributed by atoms with Crippen LogP contribution >= 0.6 is 23.2 Å². The largest absolute Gasteiger partial charge is 0.350 e. The van der Waals surface area contributed by atoms with Crippen LogP contribution in [0, 0.1) is 5.92 Å². The Bertz CT molecular complexity index is 1150.